The molecule has 1 unspecified atom stereocenters. The molecule has 1 fully saturated rings. The second kappa shape index (κ2) is 3.74. The van der Waals surface area contributed by atoms with Crippen LogP contribution in [0.15, 0.2) is 22.6 Å². The van der Waals surface area contributed by atoms with Gasteiger partial charge in [-0.3, -0.25) is 0 Å². The molecule has 1 aliphatic heterocycles. The van der Waals surface area contributed by atoms with Gasteiger partial charge in [-0.05, 0) is 32.0 Å². The number of hydrogen-bond acceptors (Lipinski definition) is 4. The van der Waals surface area contributed by atoms with E-state index in [1.54, 1.807) is 7.11 Å². The Balaban J connectivity index is 2.07. The molecule has 2 aromatic rings. The third kappa shape index (κ3) is 1.69. The molecule has 1 aromatic carbocycles. The Morgan fingerprint density at radius 2 is 2.35 bits per heavy atom. The van der Waals surface area contributed by atoms with E-state index < -0.39 is 0 Å². The Bertz CT molecular complexity index is 541. The molecule has 0 spiro atoms. The second-order valence-corrected chi connectivity index (χ2v) is 4.84. The van der Waals surface area contributed by atoms with Gasteiger partial charge in [-0.25, -0.2) is 4.98 Å². The first kappa shape index (κ1) is 10.6. The maximum absolute atomic E-state index is 5.85. The van der Waals surface area contributed by atoms with Crippen molar-refractivity contribution in [1.82, 2.24) is 10.3 Å². The number of methoxy groups -OCH3 is 1. The highest BCUT2D eigenvalue weighted by atomic mass is 16.5. The Kier molecular flexibility index (Phi) is 2.33. The Morgan fingerprint density at radius 3 is 3.06 bits per heavy atom. The van der Waals surface area contributed by atoms with Gasteiger partial charge in [0.15, 0.2) is 5.58 Å². The molecule has 0 saturated carbocycles. The SMILES string of the molecule is COc1ccc2oc(C3(C)CCNC3)nc2c1. The molecule has 2 heterocycles. The number of hydrogen-bond donors (Lipinski definition) is 1. The van der Waals surface area contributed by atoms with Crippen molar-refractivity contribution in [2.24, 2.45) is 0 Å². The first-order valence-corrected chi connectivity index (χ1v) is 5.87. The topological polar surface area (TPSA) is 47.3 Å². The average molecular weight is 232 g/mol. The molecule has 4 nitrogen and oxygen atoms in total. The zero-order valence-electron chi connectivity index (χ0n) is 10.1. The van der Waals surface area contributed by atoms with Crippen LogP contribution in [-0.2, 0) is 5.41 Å². The Labute approximate surface area is 100.0 Å². The first-order valence-electron chi connectivity index (χ1n) is 5.87. The highest BCUT2D eigenvalue weighted by Gasteiger charge is 2.35. The molecule has 1 saturated heterocycles. The summed E-state index contributed by atoms with van der Waals surface area (Å²) in [5, 5.41) is 3.35. The molecular formula is C13H16N2O2. The predicted molar refractivity (Wildman–Crippen MR) is 65.4 cm³/mol. The van der Waals surface area contributed by atoms with E-state index in [0.29, 0.717) is 0 Å². The third-order valence-electron chi connectivity index (χ3n) is 3.48. The third-order valence-corrected chi connectivity index (χ3v) is 3.48. The van der Waals surface area contributed by atoms with Crippen LogP contribution >= 0.6 is 0 Å². The van der Waals surface area contributed by atoms with Crippen LogP contribution in [0.3, 0.4) is 0 Å². The van der Waals surface area contributed by atoms with Gasteiger partial charge in [-0.2, -0.15) is 0 Å². The zero-order valence-corrected chi connectivity index (χ0v) is 10.1. The van der Waals surface area contributed by atoms with Gasteiger partial charge in [0.05, 0.1) is 12.5 Å². The van der Waals surface area contributed by atoms with Crippen molar-refractivity contribution in [3.63, 3.8) is 0 Å². The summed E-state index contributed by atoms with van der Waals surface area (Å²) >= 11 is 0. The summed E-state index contributed by atoms with van der Waals surface area (Å²) in [5.74, 6) is 1.64. The van der Waals surface area contributed by atoms with E-state index in [2.05, 4.69) is 17.2 Å². The lowest BCUT2D eigenvalue weighted by Crippen LogP contribution is -2.25. The molecule has 0 aliphatic carbocycles. The van der Waals surface area contributed by atoms with Gasteiger partial charge in [0.1, 0.15) is 11.3 Å². The van der Waals surface area contributed by atoms with Crippen molar-refractivity contribution in [3.05, 3.63) is 24.1 Å². The van der Waals surface area contributed by atoms with Crippen LogP contribution < -0.4 is 10.1 Å². The maximum atomic E-state index is 5.85. The van der Waals surface area contributed by atoms with Crippen LogP contribution in [0.2, 0.25) is 0 Å². The van der Waals surface area contributed by atoms with Crippen LogP contribution in [0, 0.1) is 0 Å². The number of fused-ring (bicyclic) bond motifs is 1. The van der Waals surface area contributed by atoms with E-state index >= 15 is 0 Å². The fourth-order valence-corrected chi connectivity index (χ4v) is 2.29. The molecule has 90 valence electrons. The highest BCUT2D eigenvalue weighted by molar-refractivity contribution is 5.74. The van der Waals surface area contributed by atoms with Crippen LogP contribution in [0.1, 0.15) is 19.2 Å². The molecule has 4 heteroatoms. The van der Waals surface area contributed by atoms with Crippen molar-refractivity contribution in [2.45, 2.75) is 18.8 Å². The van der Waals surface area contributed by atoms with E-state index in [4.69, 9.17) is 9.15 Å². The fourth-order valence-electron chi connectivity index (χ4n) is 2.29. The predicted octanol–water partition coefficient (Wildman–Crippen LogP) is 2.09. The minimum atomic E-state index is 0.0201. The number of ether oxygens (including phenoxy) is 1. The number of benzene rings is 1. The minimum absolute atomic E-state index is 0.0201. The molecule has 0 amide bonds. The lowest BCUT2D eigenvalue weighted by molar-refractivity contribution is 0.382. The van der Waals surface area contributed by atoms with E-state index in [-0.39, 0.29) is 5.41 Å². The smallest absolute Gasteiger partial charge is 0.202 e. The quantitative estimate of drug-likeness (QED) is 0.861. The molecule has 1 aromatic heterocycles. The van der Waals surface area contributed by atoms with E-state index in [1.165, 1.54) is 0 Å². The molecule has 1 atom stereocenters. The zero-order chi connectivity index (χ0) is 11.9. The molecule has 1 aliphatic rings. The summed E-state index contributed by atoms with van der Waals surface area (Å²) in [6.07, 6.45) is 1.07. The molecule has 0 radical (unpaired) electrons. The normalized spacial score (nSPS) is 24.4. The van der Waals surface area contributed by atoms with Crippen molar-refractivity contribution in [3.8, 4) is 5.75 Å². The molecule has 3 rings (SSSR count). The number of oxazole rings is 1. The van der Waals surface area contributed by atoms with Gasteiger partial charge in [0.2, 0.25) is 5.89 Å². The van der Waals surface area contributed by atoms with Crippen LogP contribution in [0.4, 0.5) is 0 Å². The maximum Gasteiger partial charge on any atom is 0.202 e. The van der Waals surface area contributed by atoms with Gasteiger partial charge in [-0.15, -0.1) is 0 Å². The molecule has 1 N–H and O–H groups in total. The summed E-state index contributed by atoms with van der Waals surface area (Å²) in [5.41, 5.74) is 1.72. The number of nitrogens with zero attached hydrogens (tertiary/aromatic N) is 1. The largest absolute Gasteiger partial charge is 0.497 e. The fraction of sp³-hybridized carbons (Fsp3) is 0.462. The van der Waals surface area contributed by atoms with Gasteiger partial charge >= 0.3 is 0 Å². The number of nitrogens with one attached hydrogen (secondary N) is 1. The van der Waals surface area contributed by atoms with Crippen molar-refractivity contribution < 1.29 is 9.15 Å². The van der Waals surface area contributed by atoms with Gasteiger partial charge in [-0.1, -0.05) is 0 Å². The summed E-state index contributed by atoms with van der Waals surface area (Å²) in [4.78, 5) is 4.59. The lowest BCUT2D eigenvalue weighted by atomic mass is 9.90. The molecule has 17 heavy (non-hydrogen) atoms. The van der Waals surface area contributed by atoms with Crippen molar-refractivity contribution in [1.29, 1.82) is 0 Å². The average Bonchev–Trinajstić information content (AvgIpc) is 2.94. The molecule has 0 bridgehead atoms. The lowest BCUT2D eigenvalue weighted by Gasteiger charge is -2.16. The number of rotatable bonds is 2. The minimum Gasteiger partial charge on any atom is -0.497 e. The molecular weight excluding hydrogens is 216 g/mol. The van der Waals surface area contributed by atoms with Gasteiger partial charge in [0.25, 0.3) is 0 Å². The van der Waals surface area contributed by atoms with E-state index in [1.807, 2.05) is 18.2 Å². The van der Waals surface area contributed by atoms with Gasteiger partial charge < -0.3 is 14.5 Å². The first-order chi connectivity index (χ1) is 8.21. The summed E-state index contributed by atoms with van der Waals surface area (Å²) in [7, 11) is 1.66. The standard InChI is InChI=1S/C13H16N2O2/c1-13(5-6-14-8-13)12-15-10-7-9(16-2)3-4-11(10)17-12/h3-4,7,14H,5-6,8H2,1-2H3. The second-order valence-electron chi connectivity index (χ2n) is 4.84. The Hall–Kier alpha value is -1.55. The summed E-state index contributed by atoms with van der Waals surface area (Å²) in [6, 6.07) is 5.72. The van der Waals surface area contributed by atoms with E-state index in [9.17, 15) is 0 Å². The highest BCUT2D eigenvalue weighted by Crippen LogP contribution is 2.32. The summed E-state index contributed by atoms with van der Waals surface area (Å²) in [6.45, 7) is 4.14. The Morgan fingerprint density at radius 1 is 1.47 bits per heavy atom. The van der Waals surface area contributed by atoms with Gasteiger partial charge in [0, 0.05) is 12.6 Å². The van der Waals surface area contributed by atoms with Crippen molar-refractivity contribution >= 4 is 11.1 Å². The van der Waals surface area contributed by atoms with Crippen LogP contribution in [0.5, 0.6) is 5.75 Å². The monoisotopic (exact) mass is 232 g/mol. The van der Waals surface area contributed by atoms with E-state index in [0.717, 1.165) is 42.3 Å². The summed E-state index contributed by atoms with van der Waals surface area (Å²) < 4.78 is 11.0. The van der Waals surface area contributed by atoms with Crippen LogP contribution in [-0.4, -0.2) is 25.2 Å². The number of aromatic nitrogens is 1. The van der Waals surface area contributed by atoms with Crippen molar-refractivity contribution in [2.75, 3.05) is 20.2 Å². The van der Waals surface area contributed by atoms with Crippen LogP contribution in [0.25, 0.3) is 11.1 Å².